The molecule has 0 saturated carbocycles. The van der Waals surface area contributed by atoms with Crippen molar-refractivity contribution in [1.29, 1.82) is 0 Å². The van der Waals surface area contributed by atoms with Crippen LogP contribution >= 0.6 is 11.8 Å². The van der Waals surface area contributed by atoms with Crippen molar-refractivity contribution in [2.75, 3.05) is 26.6 Å². The number of hydrogen-bond acceptors (Lipinski definition) is 7. The fourth-order valence-corrected chi connectivity index (χ4v) is 6.17. The van der Waals surface area contributed by atoms with Gasteiger partial charge in [0.05, 0.1) is 25.9 Å². The van der Waals surface area contributed by atoms with Gasteiger partial charge in [-0.05, 0) is 56.2 Å². The van der Waals surface area contributed by atoms with Gasteiger partial charge < -0.3 is 29.2 Å². The molecule has 192 valence electrons. The topological polar surface area (TPSA) is 86.3 Å². The van der Waals surface area contributed by atoms with Crippen LogP contribution in [0.2, 0.25) is 0 Å². The highest BCUT2D eigenvalue weighted by Crippen LogP contribution is 2.42. The molecule has 3 aliphatic rings. The third-order valence-electron chi connectivity index (χ3n) is 6.92. The molecule has 2 saturated heterocycles. The van der Waals surface area contributed by atoms with Crippen LogP contribution in [0.5, 0.6) is 5.75 Å². The largest absolute Gasteiger partial charge is 0.497 e. The van der Waals surface area contributed by atoms with E-state index in [4.69, 9.17) is 18.9 Å². The minimum Gasteiger partial charge on any atom is -0.497 e. The zero-order valence-corrected chi connectivity index (χ0v) is 21.4. The summed E-state index contributed by atoms with van der Waals surface area (Å²) in [5.41, 5.74) is 1.00. The second-order valence-corrected chi connectivity index (χ2v) is 10.3. The van der Waals surface area contributed by atoms with Crippen molar-refractivity contribution in [3.8, 4) is 5.75 Å². The molecular formula is C26H36N2O6S. The average Bonchev–Trinajstić information content (AvgIpc) is 3.23. The Morgan fingerprint density at radius 3 is 2.66 bits per heavy atom. The summed E-state index contributed by atoms with van der Waals surface area (Å²) in [5, 5.41) is 3.04. The summed E-state index contributed by atoms with van der Waals surface area (Å²) in [6.07, 6.45) is 9.53. The third-order valence-corrected chi connectivity index (χ3v) is 7.88. The quantitative estimate of drug-likeness (QED) is 0.573. The molecule has 4 atom stereocenters. The second-order valence-electron chi connectivity index (χ2n) is 9.29. The van der Waals surface area contributed by atoms with Crippen molar-refractivity contribution in [2.24, 2.45) is 0 Å². The molecule has 8 nitrogen and oxygen atoms in total. The lowest BCUT2D eigenvalue weighted by Gasteiger charge is -2.48. The first-order chi connectivity index (χ1) is 17.0. The smallest absolute Gasteiger partial charge is 0.407 e. The molecule has 9 heteroatoms. The van der Waals surface area contributed by atoms with Gasteiger partial charge >= 0.3 is 6.09 Å². The number of cyclic esters (lactones) is 1. The first-order valence-electron chi connectivity index (χ1n) is 12.4. The second kappa shape index (κ2) is 12.1. The van der Waals surface area contributed by atoms with Crippen LogP contribution in [0.3, 0.4) is 0 Å². The number of rotatable bonds is 5. The van der Waals surface area contributed by atoms with Crippen molar-refractivity contribution in [1.82, 2.24) is 10.2 Å². The van der Waals surface area contributed by atoms with Crippen molar-refractivity contribution >= 4 is 23.1 Å². The number of hydrogen-bond donors (Lipinski definition) is 1. The van der Waals surface area contributed by atoms with Crippen LogP contribution < -0.4 is 10.1 Å². The molecular weight excluding hydrogens is 468 g/mol. The van der Waals surface area contributed by atoms with Gasteiger partial charge in [0.15, 0.2) is 5.79 Å². The number of alkyl carbamates (subject to hydrolysis) is 1. The average molecular weight is 505 g/mol. The van der Waals surface area contributed by atoms with Gasteiger partial charge in [0, 0.05) is 31.9 Å². The molecule has 2 fully saturated rings. The van der Waals surface area contributed by atoms with Crippen LogP contribution in [-0.2, 0) is 20.8 Å². The molecule has 1 aromatic rings. The monoisotopic (exact) mass is 504 g/mol. The molecule has 3 heterocycles. The van der Waals surface area contributed by atoms with Crippen molar-refractivity contribution in [3.05, 3.63) is 42.0 Å². The number of allylic oxidation sites excluding steroid dienone is 2. The minimum absolute atomic E-state index is 0.00386. The van der Waals surface area contributed by atoms with Crippen LogP contribution in [-0.4, -0.2) is 66.8 Å². The lowest BCUT2D eigenvalue weighted by molar-refractivity contribution is -0.294. The molecule has 4 rings (SSSR count). The van der Waals surface area contributed by atoms with E-state index in [9.17, 15) is 9.59 Å². The molecule has 1 aromatic carbocycles. The van der Waals surface area contributed by atoms with Crippen molar-refractivity contribution in [3.63, 3.8) is 0 Å². The molecule has 35 heavy (non-hydrogen) atoms. The number of fused-ring (bicyclic) bond motifs is 2. The highest BCUT2D eigenvalue weighted by atomic mass is 32.2. The zero-order chi connectivity index (χ0) is 24.7. The molecule has 0 aromatic heterocycles. The summed E-state index contributed by atoms with van der Waals surface area (Å²) in [6, 6.07) is 7.28. The zero-order valence-electron chi connectivity index (χ0n) is 20.6. The fourth-order valence-electron chi connectivity index (χ4n) is 5.08. The number of methoxy groups -OCH3 is 2. The van der Waals surface area contributed by atoms with Crippen LogP contribution in [0, 0.1) is 0 Å². The lowest BCUT2D eigenvalue weighted by atomic mass is 9.89. The van der Waals surface area contributed by atoms with Crippen LogP contribution in [0.4, 0.5) is 9.59 Å². The number of amides is 2. The Labute approximate surface area is 211 Å². The maximum Gasteiger partial charge on any atom is 0.407 e. The van der Waals surface area contributed by atoms with E-state index < -0.39 is 11.9 Å². The maximum atomic E-state index is 12.9. The Kier molecular flexibility index (Phi) is 8.97. The van der Waals surface area contributed by atoms with Gasteiger partial charge in [-0.3, -0.25) is 4.79 Å². The molecule has 2 amide bonds. The van der Waals surface area contributed by atoms with Gasteiger partial charge in [0.2, 0.25) is 0 Å². The maximum absolute atomic E-state index is 12.9. The SMILES string of the molecule is COc1ccc(CN2C(=O)SC[C@H]2[C@@]2(OC)C[C@H]3C[C@@H](CCCC=CCCCOC(=O)N3)O2)cc1. The Hall–Kier alpha value is -2.23. The Morgan fingerprint density at radius 2 is 1.91 bits per heavy atom. The number of nitrogens with one attached hydrogen (secondary N) is 1. The Balaban J connectivity index is 1.55. The predicted molar refractivity (Wildman–Crippen MR) is 135 cm³/mol. The van der Waals surface area contributed by atoms with Gasteiger partial charge in [-0.25, -0.2) is 4.79 Å². The first kappa shape index (κ1) is 25.9. The van der Waals surface area contributed by atoms with E-state index >= 15 is 0 Å². The molecule has 0 unspecified atom stereocenters. The fraction of sp³-hybridized carbons (Fsp3) is 0.615. The van der Waals surface area contributed by atoms with E-state index in [-0.39, 0.29) is 23.4 Å². The van der Waals surface area contributed by atoms with E-state index in [0.717, 1.165) is 43.4 Å². The Morgan fingerprint density at radius 1 is 1.14 bits per heavy atom. The highest BCUT2D eigenvalue weighted by Gasteiger charge is 2.53. The predicted octanol–water partition coefficient (Wildman–Crippen LogP) is 4.87. The number of carbonyl (C=O) groups excluding carboxylic acids is 2. The summed E-state index contributed by atoms with van der Waals surface area (Å²) in [4.78, 5) is 27.3. The van der Waals surface area contributed by atoms with E-state index in [1.54, 1.807) is 14.2 Å². The van der Waals surface area contributed by atoms with Crippen LogP contribution in [0.25, 0.3) is 0 Å². The van der Waals surface area contributed by atoms with Gasteiger partial charge in [-0.1, -0.05) is 36.0 Å². The molecule has 3 aliphatic heterocycles. The normalized spacial score (nSPS) is 30.3. The van der Waals surface area contributed by atoms with Crippen LogP contribution in [0.15, 0.2) is 36.4 Å². The van der Waals surface area contributed by atoms with Crippen molar-refractivity contribution < 1.29 is 28.5 Å². The van der Waals surface area contributed by atoms with E-state index in [0.29, 0.717) is 31.7 Å². The number of benzene rings is 1. The first-order valence-corrected chi connectivity index (χ1v) is 13.4. The third kappa shape index (κ3) is 6.51. The van der Waals surface area contributed by atoms with Crippen LogP contribution in [0.1, 0.15) is 50.5 Å². The summed E-state index contributed by atoms with van der Waals surface area (Å²) in [6.45, 7) is 0.839. The summed E-state index contributed by atoms with van der Waals surface area (Å²) in [5.74, 6) is 0.323. The van der Waals surface area contributed by atoms with E-state index in [2.05, 4.69) is 17.5 Å². The summed E-state index contributed by atoms with van der Waals surface area (Å²) >= 11 is 1.29. The minimum atomic E-state index is -1.01. The van der Waals surface area contributed by atoms with E-state index in [1.807, 2.05) is 29.2 Å². The Bertz CT molecular complexity index is 894. The number of nitrogens with zero attached hydrogens (tertiary/aromatic N) is 1. The lowest BCUT2D eigenvalue weighted by Crippen LogP contribution is -2.62. The van der Waals surface area contributed by atoms with Gasteiger partial charge in [-0.2, -0.15) is 0 Å². The van der Waals surface area contributed by atoms with Crippen molar-refractivity contribution in [2.45, 2.75) is 75.5 Å². The molecule has 0 radical (unpaired) electrons. The highest BCUT2D eigenvalue weighted by molar-refractivity contribution is 8.13. The number of thioether (sulfide) groups is 1. The summed E-state index contributed by atoms with van der Waals surface area (Å²) in [7, 11) is 3.27. The molecule has 0 aliphatic carbocycles. The number of carbonyl (C=O) groups is 2. The van der Waals surface area contributed by atoms with Gasteiger partial charge in [0.25, 0.3) is 5.24 Å². The molecule has 1 N–H and O–H groups in total. The summed E-state index contributed by atoms with van der Waals surface area (Å²) < 4.78 is 23.4. The molecule has 0 spiro atoms. The van der Waals surface area contributed by atoms with Gasteiger partial charge in [-0.15, -0.1) is 0 Å². The number of ether oxygens (including phenoxy) is 4. The molecule has 2 bridgehead atoms. The standard InChI is InChI=1S/C26H36N2O6S/c1-31-21-12-10-19(11-13-21)17-28-23(18-35-25(28)30)26(32-2)16-20-15-22(34-26)9-7-5-3-4-6-8-14-33-24(29)27-20/h3-4,10-13,20,22-23H,5-9,14-18H2,1-2H3,(H,27,29)/t20-,22-,23+,26-/m1/s1. The van der Waals surface area contributed by atoms with E-state index in [1.165, 1.54) is 11.8 Å². The van der Waals surface area contributed by atoms with Gasteiger partial charge in [0.1, 0.15) is 5.75 Å².